The first-order chi connectivity index (χ1) is 21.0. The quantitative estimate of drug-likeness (QED) is 0.394. The van der Waals surface area contributed by atoms with Gasteiger partial charge in [-0.05, 0) is 73.3 Å². The Morgan fingerprint density at radius 2 is 1.70 bits per heavy atom. The van der Waals surface area contributed by atoms with Gasteiger partial charge in [-0.25, -0.2) is 14.8 Å². The summed E-state index contributed by atoms with van der Waals surface area (Å²) in [6, 6.07) is 15.6. The highest BCUT2D eigenvalue weighted by Gasteiger charge is 2.26. The monoisotopic (exact) mass is 584 g/mol. The molecule has 6 rings (SSSR count). The molecule has 2 aromatic heterocycles. The number of likely N-dealkylation sites (N-methyl/N-ethyl adjacent to an activating group) is 1. The number of rotatable bonds is 9. The lowest BCUT2D eigenvalue weighted by atomic mass is 10.1. The third-order valence-corrected chi connectivity index (χ3v) is 8.25. The summed E-state index contributed by atoms with van der Waals surface area (Å²) in [5.41, 5.74) is 3.05. The van der Waals surface area contributed by atoms with Gasteiger partial charge in [-0.2, -0.15) is 0 Å². The molecule has 1 aliphatic carbocycles. The SMILES string of the molecule is CN1CCN(CC(=O)Nc2cc(COc3cccnc3N3CCN(C(=O)Nc4cccc(C5CC5)c4)CC3)ccn2)CC1. The summed E-state index contributed by atoms with van der Waals surface area (Å²) in [5.74, 6) is 2.53. The zero-order valence-electron chi connectivity index (χ0n) is 24.7. The summed E-state index contributed by atoms with van der Waals surface area (Å²) in [4.78, 5) is 42.9. The Hall–Kier alpha value is -4.22. The Balaban J connectivity index is 0.997. The van der Waals surface area contributed by atoms with Crippen LogP contribution >= 0.6 is 0 Å². The van der Waals surface area contributed by atoms with E-state index < -0.39 is 0 Å². The van der Waals surface area contributed by atoms with Gasteiger partial charge in [0.2, 0.25) is 5.91 Å². The van der Waals surface area contributed by atoms with Crippen molar-refractivity contribution in [2.75, 3.05) is 81.5 Å². The first-order valence-electron chi connectivity index (χ1n) is 15.1. The van der Waals surface area contributed by atoms with Crippen molar-refractivity contribution in [2.45, 2.75) is 25.4 Å². The highest BCUT2D eigenvalue weighted by atomic mass is 16.5. The Morgan fingerprint density at radius 3 is 2.49 bits per heavy atom. The number of nitrogens with zero attached hydrogens (tertiary/aromatic N) is 6. The highest BCUT2D eigenvalue weighted by molar-refractivity contribution is 5.91. The Kier molecular flexibility index (Phi) is 8.99. The second-order valence-corrected chi connectivity index (χ2v) is 11.6. The maximum Gasteiger partial charge on any atom is 0.321 e. The van der Waals surface area contributed by atoms with Crippen LogP contribution in [0.3, 0.4) is 0 Å². The van der Waals surface area contributed by atoms with Gasteiger partial charge in [-0.3, -0.25) is 9.69 Å². The lowest BCUT2D eigenvalue weighted by molar-refractivity contribution is -0.117. The molecule has 0 spiro atoms. The summed E-state index contributed by atoms with van der Waals surface area (Å²) < 4.78 is 6.21. The minimum absolute atomic E-state index is 0.0655. The molecule has 1 saturated carbocycles. The largest absolute Gasteiger partial charge is 0.485 e. The number of amides is 3. The molecule has 3 aliphatic rings. The molecule has 2 saturated heterocycles. The van der Waals surface area contributed by atoms with Crippen LogP contribution in [0.5, 0.6) is 5.75 Å². The molecular formula is C32H40N8O3. The third-order valence-electron chi connectivity index (χ3n) is 8.25. The van der Waals surface area contributed by atoms with Gasteiger partial charge in [0.25, 0.3) is 0 Å². The minimum atomic E-state index is -0.0748. The minimum Gasteiger partial charge on any atom is -0.485 e. The first kappa shape index (κ1) is 28.9. The molecule has 0 atom stereocenters. The number of carbonyl (C=O) groups is 2. The molecular weight excluding hydrogens is 544 g/mol. The van der Waals surface area contributed by atoms with E-state index in [2.05, 4.69) is 54.5 Å². The van der Waals surface area contributed by atoms with Crippen LogP contribution in [0.4, 0.5) is 22.1 Å². The molecule has 0 unspecified atom stereocenters. The van der Waals surface area contributed by atoms with Crippen molar-refractivity contribution < 1.29 is 14.3 Å². The van der Waals surface area contributed by atoms with Crippen molar-refractivity contribution in [3.8, 4) is 5.75 Å². The molecule has 0 radical (unpaired) electrons. The normalized spacial score (nSPS) is 17.9. The average molecular weight is 585 g/mol. The van der Waals surface area contributed by atoms with E-state index >= 15 is 0 Å². The molecule has 43 heavy (non-hydrogen) atoms. The number of aromatic nitrogens is 2. The number of urea groups is 1. The molecule has 3 amide bonds. The first-order valence-corrected chi connectivity index (χ1v) is 15.1. The lowest BCUT2D eigenvalue weighted by Gasteiger charge is -2.35. The Morgan fingerprint density at radius 1 is 0.884 bits per heavy atom. The number of ether oxygens (including phenoxy) is 1. The molecule has 226 valence electrons. The second-order valence-electron chi connectivity index (χ2n) is 11.6. The van der Waals surface area contributed by atoms with Gasteiger partial charge in [-0.1, -0.05) is 12.1 Å². The Labute approximate surface area is 252 Å². The standard InChI is InChI=1S/C32H40N8O3/c1-37-12-14-38(15-13-37)22-30(41)36-29-20-24(9-11-33-29)23-43-28-6-3-10-34-31(28)39-16-18-40(19-17-39)32(42)35-27-5-2-4-26(21-27)25-7-8-25/h2-6,9-11,20-21,25H,7-8,12-19,22-23H2,1H3,(H,35,42)(H,33,36,41). The van der Waals surface area contributed by atoms with Crippen molar-refractivity contribution in [3.05, 3.63) is 72.1 Å². The average Bonchev–Trinajstić information content (AvgIpc) is 3.88. The van der Waals surface area contributed by atoms with Crippen LogP contribution in [0.15, 0.2) is 60.9 Å². The van der Waals surface area contributed by atoms with Crippen LogP contribution in [-0.4, -0.2) is 103 Å². The summed E-state index contributed by atoms with van der Waals surface area (Å²) in [6.45, 7) is 6.86. The molecule has 11 nitrogen and oxygen atoms in total. The molecule has 1 aromatic carbocycles. The van der Waals surface area contributed by atoms with E-state index in [1.807, 2.05) is 41.3 Å². The van der Waals surface area contributed by atoms with Gasteiger partial charge in [0.1, 0.15) is 12.4 Å². The third kappa shape index (κ3) is 7.79. The van der Waals surface area contributed by atoms with Gasteiger partial charge in [0, 0.05) is 70.4 Å². The summed E-state index contributed by atoms with van der Waals surface area (Å²) >= 11 is 0. The van der Waals surface area contributed by atoms with Gasteiger partial charge < -0.3 is 30.1 Å². The van der Waals surface area contributed by atoms with E-state index in [0.29, 0.717) is 56.8 Å². The number of benzene rings is 1. The zero-order chi connectivity index (χ0) is 29.6. The van der Waals surface area contributed by atoms with Crippen LogP contribution in [-0.2, 0) is 11.4 Å². The number of carbonyl (C=O) groups excluding carboxylic acids is 2. The summed E-state index contributed by atoms with van der Waals surface area (Å²) in [5, 5.41) is 5.99. The molecule has 2 N–H and O–H groups in total. The van der Waals surface area contributed by atoms with Crippen LogP contribution < -0.4 is 20.3 Å². The predicted octanol–water partition coefficient (Wildman–Crippen LogP) is 3.47. The molecule has 2 aliphatic heterocycles. The van der Waals surface area contributed by atoms with Crippen molar-refractivity contribution in [3.63, 3.8) is 0 Å². The van der Waals surface area contributed by atoms with Crippen LogP contribution in [0.1, 0.15) is 29.9 Å². The smallest absolute Gasteiger partial charge is 0.321 e. The van der Waals surface area contributed by atoms with E-state index in [9.17, 15) is 9.59 Å². The zero-order valence-corrected chi connectivity index (χ0v) is 24.7. The van der Waals surface area contributed by atoms with Crippen molar-refractivity contribution in [1.82, 2.24) is 24.7 Å². The maximum absolute atomic E-state index is 13.0. The van der Waals surface area contributed by atoms with Crippen LogP contribution in [0.25, 0.3) is 0 Å². The number of anilines is 3. The number of piperazine rings is 2. The van der Waals surface area contributed by atoms with E-state index in [-0.39, 0.29) is 11.9 Å². The fraction of sp³-hybridized carbons (Fsp3) is 0.438. The lowest BCUT2D eigenvalue weighted by Crippen LogP contribution is -2.50. The van der Waals surface area contributed by atoms with E-state index in [1.54, 1.807) is 12.4 Å². The van der Waals surface area contributed by atoms with Gasteiger partial charge in [-0.15, -0.1) is 0 Å². The van der Waals surface area contributed by atoms with Crippen molar-refractivity contribution in [2.24, 2.45) is 0 Å². The van der Waals surface area contributed by atoms with Crippen molar-refractivity contribution in [1.29, 1.82) is 0 Å². The van der Waals surface area contributed by atoms with E-state index in [4.69, 9.17) is 4.74 Å². The fourth-order valence-corrected chi connectivity index (χ4v) is 5.53. The van der Waals surface area contributed by atoms with Crippen molar-refractivity contribution >= 4 is 29.3 Å². The van der Waals surface area contributed by atoms with Crippen LogP contribution in [0.2, 0.25) is 0 Å². The molecule has 0 bridgehead atoms. The second kappa shape index (κ2) is 13.4. The molecule has 3 fully saturated rings. The molecule has 4 heterocycles. The molecule has 11 heteroatoms. The predicted molar refractivity (Wildman–Crippen MR) is 167 cm³/mol. The number of pyridine rings is 2. The number of hydrogen-bond donors (Lipinski definition) is 2. The van der Waals surface area contributed by atoms with Gasteiger partial charge >= 0.3 is 6.03 Å². The topological polar surface area (TPSA) is 106 Å². The molecule has 3 aromatic rings. The number of nitrogens with one attached hydrogen (secondary N) is 2. The summed E-state index contributed by atoms with van der Waals surface area (Å²) in [7, 11) is 2.10. The van der Waals surface area contributed by atoms with Crippen LogP contribution in [0, 0.1) is 0 Å². The highest BCUT2D eigenvalue weighted by Crippen LogP contribution is 2.40. The van der Waals surface area contributed by atoms with E-state index in [0.717, 1.165) is 43.2 Å². The summed E-state index contributed by atoms with van der Waals surface area (Å²) in [6.07, 6.45) is 5.91. The number of hydrogen-bond acceptors (Lipinski definition) is 8. The van der Waals surface area contributed by atoms with Gasteiger partial charge in [0.05, 0.1) is 6.54 Å². The van der Waals surface area contributed by atoms with Gasteiger partial charge in [0.15, 0.2) is 11.6 Å². The Bertz CT molecular complexity index is 1410. The maximum atomic E-state index is 13.0. The van der Waals surface area contributed by atoms with E-state index in [1.165, 1.54) is 18.4 Å². The fourth-order valence-electron chi connectivity index (χ4n) is 5.53.